The molecule has 0 fully saturated rings. The highest BCUT2D eigenvalue weighted by Gasteiger charge is 2.38. The van der Waals surface area contributed by atoms with Gasteiger partial charge in [-0.3, -0.25) is 0 Å². The van der Waals surface area contributed by atoms with E-state index in [4.69, 9.17) is 9.97 Å². The first-order chi connectivity index (χ1) is 29.0. The van der Waals surface area contributed by atoms with Crippen LogP contribution < -0.4 is 0 Å². The van der Waals surface area contributed by atoms with Gasteiger partial charge in [-0.2, -0.15) is 0 Å². The third-order valence-electron chi connectivity index (χ3n) is 12.3. The largest absolute Gasteiger partial charge is 0.228 e. The quantitative estimate of drug-likeness (QED) is 0.169. The Morgan fingerprint density at radius 1 is 0.339 bits per heavy atom. The normalized spacial score (nSPS) is 12.7. The monoisotopic (exact) mass is 752 g/mol. The molecule has 1 aliphatic carbocycles. The molecule has 278 valence electrons. The fraction of sp³-hybridized carbons (Fsp3) is 0.0526. The Kier molecular flexibility index (Phi) is 8.20. The number of aromatic nitrogens is 2. The zero-order valence-electron chi connectivity index (χ0n) is 33.0. The van der Waals surface area contributed by atoms with Crippen molar-refractivity contribution >= 4 is 21.5 Å². The van der Waals surface area contributed by atoms with Crippen LogP contribution in [0.5, 0.6) is 0 Å². The van der Waals surface area contributed by atoms with E-state index in [0.29, 0.717) is 5.82 Å². The Bertz CT molecular complexity index is 3200. The molecule has 1 aliphatic rings. The van der Waals surface area contributed by atoms with Crippen LogP contribution in [0.15, 0.2) is 206 Å². The summed E-state index contributed by atoms with van der Waals surface area (Å²) in [6.45, 7) is 4.77. The van der Waals surface area contributed by atoms with Gasteiger partial charge >= 0.3 is 0 Å². The van der Waals surface area contributed by atoms with Gasteiger partial charge in [-0.25, -0.2) is 9.97 Å². The van der Waals surface area contributed by atoms with Crippen molar-refractivity contribution in [1.82, 2.24) is 9.97 Å². The molecule has 1 heterocycles. The van der Waals surface area contributed by atoms with E-state index in [1.165, 1.54) is 77.2 Å². The molecule has 0 spiro atoms. The lowest BCUT2D eigenvalue weighted by molar-refractivity contribution is 0.662. The minimum absolute atomic E-state index is 0.168. The minimum atomic E-state index is -0.168. The minimum Gasteiger partial charge on any atom is -0.228 e. The van der Waals surface area contributed by atoms with Gasteiger partial charge in [-0.05, 0) is 83.2 Å². The van der Waals surface area contributed by atoms with E-state index in [-0.39, 0.29) is 5.41 Å². The lowest BCUT2D eigenvalue weighted by Gasteiger charge is -2.25. The zero-order chi connectivity index (χ0) is 39.5. The van der Waals surface area contributed by atoms with Crippen molar-refractivity contribution < 1.29 is 0 Å². The third kappa shape index (κ3) is 5.87. The molecule has 0 amide bonds. The van der Waals surface area contributed by atoms with Crippen molar-refractivity contribution in [2.75, 3.05) is 0 Å². The summed E-state index contributed by atoms with van der Waals surface area (Å²) in [5.41, 5.74) is 17.5. The predicted octanol–water partition coefficient (Wildman–Crippen LogP) is 15.1. The molecule has 0 unspecified atom stereocenters. The van der Waals surface area contributed by atoms with Gasteiger partial charge in [0.1, 0.15) is 0 Å². The van der Waals surface area contributed by atoms with Crippen LogP contribution in [0.25, 0.3) is 100.0 Å². The first-order valence-electron chi connectivity index (χ1n) is 20.4. The molecule has 0 saturated heterocycles. The van der Waals surface area contributed by atoms with Crippen molar-refractivity contribution in [2.24, 2.45) is 0 Å². The number of hydrogen-bond donors (Lipinski definition) is 0. The van der Waals surface area contributed by atoms with Crippen LogP contribution in [-0.2, 0) is 5.41 Å². The van der Waals surface area contributed by atoms with Crippen molar-refractivity contribution in [3.63, 3.8) is 0 Å². The molecule has 0 radical (unpaired) electrons. The van der Waals surface area contributed by atoms with E-state index < -0.39 is 0 Å². The maximum absolute atomic E-state index is 5.28. The summed E-state index contributed by atoms with van der Waals surface area (Å²) in [6, 6.07) is 74.2. The molecule has 0 saturated carbocycles. The lowest BCUT2D eigenvalue weighted by Crippen LogP contribution is -2.16. The molecule has 0 atom stereocenters. The van der Waals surface area contributed by atoms with Crippen LogP contribution in [0, 0.1) is 0 Å². The molecule has 0 N–H and O–H groups in total. The Morgan fingerprint density at radius 3 is 1.53 bits per heavy atom. The highest BCUT2D eigenvalue weighted by atomic mass is 14.9. The van der Waals surface area contributed by atoms with E-state index in [0.717, 1.165) is 28.1 Å². The second-order valence-electron chi connectivity index (χ2n) is 16.1. The molecular weight excluding hydrogens is 713 g/mol. The summed E-state index contributed by atoms with van der Waals surface area (Å²) >= 11 is 0. The molecule has 59 heavy (non-hydrogen) atoms. The second kappa shape index (κ2) is 13.9. The Balaban J connectivity index is 1.02. The second-order valence-corrected chi connectivity index (χ2v) is 16.1. The Hall–Kier alpha value is -7.42. The van der Waals surface area contributed by atoms with Gasteiger partial charge < -0.3 is 0 Å². The maximum atomic E-state index is 5.28. The number of benzene rings is 9. The van der Waals surface area contributed by atoms with E-state index in [2.05, 4.69) is 202 Å². The van der Waals surface area contributed by atoms with Crippen molar-refractivity contribution in [3.05, 3.63) is 217 Å². The highest BCUT2D eigenvalue weighted by molar-refractivity contribution is 6.08. The van der Waals surface area contributed by atoms with Gasteiger partial charge in [0.05, 0.1) is 11.4 Å². The number of hydrogen-bond acceptors (Lipinski definition) is 2. The average Bonchev–Trinajstić information content (AvgIpc) is 3.55. The molecular formula is C57H40N2. The fourth-order valence-corrected chi connectivity index (χ4v) is 9.40. The average molecular weight is 753 g/mol. The number of nitrogens with zero attached hydrogens (tertiary/aromatic N) is 2. The first kappa shape index (κ1) is 34.8. The first-order valence-corrected chi connectivity index (χ1v) is 20.4. The van der Waals surface area contributed by atoms with Gasteiger partial charge in [0, 0.05) is 22.1 Å². The van der Waals surface area contributed by atoms with Crippen molar-refractivity contribution in [3.8, 4) is 78.4 Å². The maximum Gasteiger partial charge on any atom is 0.160 e. The molecule has 9 aromatic carbocycles. The van der Waals surface area contributed by atoms with E-state index in [1.807, 2.05) is 18.2 Å². The van der Waals surface area contributed by atoms with Crippen LogP contribution in [0.4, 0.5) is 0 Å². The van der Waals surface area contributed by atoms with E-state index in [1.54, 1.807) is 0 Å². The molecule has 2 heteroatoms. The highest BCUT2D eigenvalue weighted by Crippen LogP contribution is 2.55. The Labute approximate surface area is 345 Å². The van der Waals surface area contributed by atoms with Crippen molar-refractivity contribution in [2.45, 2.75) is 19.3 Å². The molecule has 10 aromatic rings. The summed E-state index contributed by atoms with van der Waals surface area (Å²) in [5, 5.41) is 4.97. The molecule has 0 bridgehead atoms. The van der Waals surface area contributed by atoms with E-state index >= 15 is 0 Å². The summed E-state index contributed by atoms with van der Waals surface area (Å²) in [7, 11) is 0. The van der Waals surface area contributed by atoms with Crippen LogP contribution in [0.2, 0.25) is 0 Å². The van der Waals surface area contributed by atoms with E-state index in [9.17, 15) is 0 Å². The fourth-order valence-electron chi connectivity index (χ4n) is 9.40. The van der Waals surface area contributed by atoms with Gasteiger partial charge in [0.25, 0.3) is 0 Å². The summed E-state index contributed by atoms with van der Waals surface area (Å²) in [4.78, 5) is 10.5. The Morgan fingerprint density at radius 2 is 0.847 bits per heavy atom. The molecule has 11 rings (SSSR count). The summed E-state index contributed by atoms with van der Waals surface area (Å²) < 4.78 is 0. The molecule has 1 aromatic heterocycles. The lowest BCUT2D eigenvalue weighted by atomic mass is 9.78. The molecule has 2 nitrogen and oxygen atoms in total. The van der Waals surface area contributed by atoms with Gasteiger partial charge in [0.2, 0.25) is 0 Å². The van der Waals surface area contributed by atoms with Gasteiger partial charge in [-0.1, -0.05) is 214 Å². The SMILES string of the molecule is CC1(C)c2ccc3ccccc3c2-c2cccc(-c3ccc(-c4cc(-c5ccc(-c6ccc(-c7ccccc7)cc6)cc5)nc(-c5ccccc5)n4)c4ccccc34)c21. The summed E-state index contributed by atoms with van der Waals surface area (Å²) in [6.07, 6.45) is 0. The molecule has 0 aliphatic heterocycles. The van der Waals surface area contributed by atoms with Crippen LogP contribution in [0.3, 0.4) is 0 Å². The number of rotatable bonds is 6. The summed E-state index contributed by atoms with van der Waals surface area (Å²) in [5.74, 6) is 0.708. The predicted molar refractivity (Wildman–Crippen MR) is 247 cm³/mol. The van der Waals surface area contributed by atoms with Crippen LogP contribution in [0.1, 0.15) is 25.0 Å². The third-order valence-corrected chi connectivity index (χ3v) is 12.3. The smallest absolute Gasteiger partial charge is 0.160 e. The van der Waals surface area contributed by atoms with Crippen molar-refractivity contribution in [1.29, 1.82) is 0 Å². The standard InChI is InChI=1S/C57H40N2/c1-57(2)51-35-32-41-16-9-10-19-44(41)54(51)50-23-13-22-49(55(50)57)47-33-34-48(46-21-12-11-20-45(46)47)53-36-52(58-56(59-53)43-17-7-4-8-18-43)42-30-28-40(29-31-42)39-26-24-38(25-27-39)37-14-5-3-6-15-37/h3-36H,1-2H3. The topological polar surface area (TPSA) is 25.8 Å². The number of fused-ring (bicyclic) bond motifs is 6. The van der Waals surface area contributed by atoms with Gasteiger partial charge in [-0.15, -0.1) is 0 Å². The zero-order valence-corrected chi connectivity index (χ0v) is 33.0. The van der Waals surface area contributed by atoms with Crippen LogP contribution >= 0.6 is 0 Å². The van der Waals surface area contributed by atoms with Crippen LogP contribution in [-0.4, -0.2) is 9.97 Å². The van der Waals surface area contributed by atoms with Gasteiger partial charge in [0.15, 0.2) is 5.82 Å².